The Hall–Kier alpha value is -1.40. The van der Waals surface area contributed by atoms with Gasteiger partial charge in [0.15, 0.2) is 0 Å². The Bertz CT molecular complexity index is 557. The summed E-state index contributed by atoms with van der Waals surface area (Å²) < 4.78 is 6.56. The van der Waals surface area contributed by atoms with Crippen LogP contribution in [-0.2, 0) is 11.3 Å². The van der Waals surface area contributed by atoms with E-state index in [-0.39, 0.29) is 5.91 Å². The first-order valence-corrected chi connectivity index (χ1v) is 7.49. The molecule has 0 aliphatic rings. The Morgan fingerprint density at radius 1 is 1.10 bits per heavy atom. The maximum atomic E-state index is 11.9. The first-order valence-electron chi connectivity index (χ1n) is 6.41. The highest BCUT2D eigenvalue weighted by atomic mass is 127. The van der Waals surface area contributed by atoms with Crippen molar-refractivity contribution in [2.24, 2.45) is 0 Å². The van der Waals surface area contributed by atoms with Crippen LogP contribution in [0.2, 0.25) is 0 Å². The lowest BCUT2D eigenvalue weighted by atomic mass is 10.2. The number of carbonyl (C=O) groups excluding carboxylic acids is 1. The average molecular weight is 381 g/mol. The summed E-state index contributed by atoms with van der Waals surface area (Å²) in [6.45, 7) is 1.58. The van der Waals surface area contributed by atoms with E-state index in [1.54, 1.807) is 0 Å². The molecule has 0 aliphatic heterocycles. The van der Waals surface area contributed by atoms with Gasteiger partial charge in [0.05, 0.1) is 13.2 Å². The van der Waals surface area contributed by atoms with Crippen LogP contribution in [0.1, 0.15) is 15.9 Å². The molecule has 2 rings (SSSR count). The molecule has 0 bridgehead atoms. The third-order valence-corrected chi connectivity index (χ3v) is 3.40. The summed E-state index contributed by atoms with van der Waals surface area (Å²) in [5.74, 6) is -0.0631. The van der Waals surface area contributed by atoms with E-state index < -0.39 is 0 Å². The zero-order chi connectivity index (χ0) is 14.2. The quantitative estimate of drug-likeness (QED) is 0.617. The van der Waals surface area contributed by atoms with E-state index in [1.807, 2.05) is 54.6 Å². The molecule has 2 aromatic rings. The number of ether oxygens (including phenoxy) is 1. The van der Waals surface area contributed by atoms with Crippen molar-refractivity contribution < 1.29 is 9.53 Å². The van der Waals surface area contributed by atoms with E-state index in [4.69, 9.17) is 4.74 Å². The number of hydrogen-bond acceptors (Lipinski definition) is 2. The van der Waals surface area contributed by atoms with E-state index in [1.165, 1.54) is 0 Å². The second-order valence-corrected chi connectivity index (χ2v) is 5.55. The zero-order valence-corrected chi connectivity index (χ0v) is 13.2. The van der Waals surface area contributed by atoms with Crippen LogP contribution >= 0.6 is 22.6 Å². The molecule has 4 heteroatoms. The molecule has 0 spiro atoms. The molecule has 0 radical (unpaired) electrons. The molecule has 0 unspecified atom stereocenters. The Balaban J connectivity index is 1.67. The van der Waals surface area contributed by atoms with Crippen molar-refractivity contribution in [3.8, 4) is 0 Å². The van der Waals surface area contributed by atoms with E-state index in [2.05, 4.69) is 27.9 Å². The number of hydrogen-bond donors (Lipinski definition) is 1. The van der Waals surface area contributed by atoms with Gasteiger partial charge >= 0.3 is 0 Å². The zero-order valence-electron chi connectivity index (χ0n) is 11.0. The third kappa shape index (κ3) is 4.94. The number of rotatable bonds is 6. The number of halogens is 1. The summed E-state index contributed by atoms with van der Waals surface area (Å²) in [6, 6.07) is 17.5. The van der Waals surface area contributed by atoms with E-state index in [0.29, 0.717) is 25.3 Å². The smallest absolute Gasteiger partial charge is 0.251 e. The van der Waals surface area contributed by atoms with Gasteiger partial charge in [-0.25, -0.2) is 0 Å². The van der Waals surface area contributed by atoms with Crippen LogP contribution in [-0.4, -0.2) is 19.1 Å². The van der Waals surface area contributed by atoms with Gasteiger partial charge in [0, 0.05) is 15.7 Å². The monoisotopic (exact) mass is 381 g/mol. The van der Waals surface area contributed by atoms with Crippen molar-refractivity contribution in [2.75, 3.05) is 13.2 Å². The molecule has 20 heavy (non-hydrogen) atoms. The van der Waals surface area contributed by atoms with Gasteiger partial charge in [0.1, 0.15) is 0 Å². The number of carbonyl (C=O) groups is 1. The minimum absolute atomic E-state index is 0.0631. The largest absolute Gasteiger partial charge is 0.375 e. The van der Waals surface area contributed by atoms with Gasteiger partial charge in [-0.2, -0.15) is 0 Å². The Kier molecular flexibility index (Phi) is 6.01. The molecule has 0 saturated carbocycles. The van der Waals surface area contributed by atoms with Gasteiger partial charge in [0.2, 0.25) is 0 Å². The predicted octanol–water partition coefficient (Wildman–Crippen LogP) is 3.24. The second-order valence-electron chi connectivity index (χ2n) is 4.30. The number of benzene rings is 2. The van der Waals surface area contributed by atoms with Gasteiger partial charge < -0.3 is 10.1 Å². The summed E-state index contributed by atoms with van der Waals surface area (Å²) in [5.41, 5.74) is 1.82. The fourth-order valence-electron chi connectivity index (χ4n) is 1.73. The number of nitrogens with one attached hydrogen (secondary N) is 1. The topological polar surface area (TPSA) is 38.3 Å². The molecule has 0 fully saturated rings. The highest BCUT2D eigenvalue weighted by molar-refractivity contribution is 14.1. The third-order valence-electron chi connectivity index (χ3n) is 2.73. The molecule has 0 atom stereocenters. The highest BCUT2D eigenvalue weighted by Gasteiger charge is 2.04. The molecule has 104 valence electrons. The maximum absolute atomic E-state index is 11.9. The minimum atomic E-state index is -0.0631. The van der Waals surface area contributed by atoms with Gasteiger partial charge in [-0.15, -0.1) is 0 Å². The molecule has 1 N–H and O–H groups in total. The molecular weight excluding hydrogens is 365 g/mol. The molecule has 0 saturated heterocycles. The molecule has 0 aliphatic carbocycles. The van der Waals surface area contributed by atoms with Crippen molar-refractivity contribution in [2.45, 2.75) is 6.61 Å². The average Bonchev–Trinajstić information content (AvgIpc) is 2.48. The lowest BCUT2D eigenvalue weighted by Crippen LogP contribution is -2.27. The summed E-state index contributed by atoms with van der Waals surface area (Å²) in [6.07, 6.45) is 0. The van der Waals surface area contributed by atoms with Crippen LogP contribution in [0.25, 0.3) is 0 Å². The fourth-order valence-corrected chi connectivity index (χ4v) is 2.28. The lowest BCUT2D eigenvalue weighted by molar-refractivity contribution is 0.0901. The Labute approximate surface area is 132 Å². The van der Waals surface area contributed by atoms with E-state index >= 15 is 0 Å². The van der Waals surface area contributed by atoms with Crippen LogP contribution in [0.5, 0.6) is 0 Å². The normalized spacial score (nSPS) is 10.2. The van der Waals surface area contributed by atoms with Gasteiger partial charge in [0.25, 0.3) is 5.91 Å². The van der Waals surface area contributed by atoms with Crippen LogP contribution in [0.3, 0.4) is 0 Å². The molecule has 2 aromatic carbocycles. The summed E-state index contributed by atoms with van der Waals surface area (Å²) in [5, 5.41) is 2.85. The Morgan fingerprint density at radius 3 is 2.65 bits per heavy atom. The van der Waals surface area contributed by atoms with Crippen molar-refractivity contribution >= 4 is 28.5 Å². The van der Waals surface area contributed by atoms with Crippen LogP contribution in [0.4, 0.5) is 0 Å². The highest BCUT2D eigenvalue weighted by Crippen LogP contribution is 2.07. The van der Waals surface area contributed by atoms with E-state index in [9.17, 15) is 4.79 Å². The second kappa shape index (κ2) is 8.01. The van der Waals surface area contributed by atoms with Crippen LogP contribution < -0.4 is 5.32 Å². The van der Waals surface area contributed by atoms with Gasteiger partial charge in [-0.3, -0.25) is 4.79 Å². The SMILES string of the molecule is O=C(NCCOCc1ccccc1)c1cccc(I)c1. The molecule has 3 nitrogen and oxygen atoms in total. The minimum Gasteiger partial charge on any atom is -0.375 e. The predicted molar refractivity (Wildman–Crippen MR) is 87.6 cm³/mol. The van der Waals surface area contributed by atoms with Crippen LogP contribution in [0.15, 0.2) is 54.6 Å². The number of amides is 1. The maximum Gasteiger partial charge on any atom is 0.251 e. The van der Waals surface area contributed by atoms with Crippen molar-refractivity contribution in [3.05, 3.63) is 69.3 Å². The summed E-state index contributed by atoms with van der Waals surface area (Å²) in [4.78, 5) is 11.9. The first-order chi connectivity index (χ1) is 9.75. The van der Waals surface area contributed by atoms with Crippen molar-refractivity contribution in [1.82, 2.24) is 5.32 Å². The molecule has 0 heterocycles. The molecule has 0 aromatic heterocycles. The van der Waals surface area contributed by atoms with Crippen molar-refractivity contribution in [1.29, 1.82) is 0 Å². The summed E-state index contributed by atoms with van der Waals surface area (Å²) in [7, 11) is 0. The van der Waals surface area contributed by atoms with Gasteiger partial charge in [-0.1, -0.05) is 36.4 Å². The standard InChI is InChI=1S/C16H16INO2/c17-15-8-4-7-14(11-15)16(19)18-9-10-20-12-13-5-2-1-3-6-13/h1-8,11H,9-10,12H2,(H,18,19). The van der Waals surface area contributed by atoms with Crippen molar-refractivity contribution in [3.63, 3.8) is 0 Å². The fraction of sp³-hybridized carbons (Fsp3) is 0.188. The summed E-state index contributed by atoms with van der Waals surface area (Å²) >= 11 is 2.19. The lowest BCUT2D eigenvalue weighted by Gasteiger charge is -2.07. The van der Waals surface area contributed by atoms with Crippen LogP contribution in [0, 0.1) is 3.57 Å². The molecular formula is C16H16INO2. The Morgan fingerprint density at radius 2 is 1.90 bits per heavy atom. The first kappa shape index (κ1) is 15.0. The molecule has 1 amide bonds. The van der Waals surface area contributed by atoms with Gasteiger partial charge in [-0.05, 0) is 46.4 Å². The van der Waals surface area contributed by atoms with E-state index in [0.717, 1.165) is 9.13 Å².